The summed E-state index contributed by atoms with van der Waals surface area (Å²) in [5, 5.41) is 19.4. The van der Waals surface area contributed by atoms with Crippen LogP contribution < -0.4 is 0 Å². The summed E-state index contributed by atoms with van der Waals surface area (Å²) in [6, 6.07) is 0. The molecule has 1 saturated carbocycles. The fraction of sp³-hybridized carbons (Fsp3) is 0.917. The monoisotopic (exact) mass is 214 g/mol. The molecular formula is C12H22O3. The highest BCUT2D eigenvalue weighted by Gasteiger charge is 2.48. The van der Waals surface area contributed by atoms with E-state index in [1.54, 1.807) is 6.92 Å². The van der Waals surface area contributed by atoms with E-state index in [-0.39, 0.29) is 11.3 Å². The second-order valence-corrected chi connectivity index (χ2v) is 5.82. The highest BCUT2D eigenvalue weighted by molar-refractivity contribution is 5.71. The van der Waals surface area contributed by atoms with Gasteiger partial charge in [0.2, 0.25) is 0 Å². The highest BCUT2D eigenvalue weighted by Crippen LogP contribution is 2.46. The molecule has 2 N–H and O–H groups in total. The first-order valence-corrected chi connectivity index (χ1v) is 5.64. The van der Waals surface area contributed by atoms with Crippen LogP contribution >= 0.6 is 0 Å². The molecule has 1 aliphatic carbocycles. The fourth-order valence-corrected chi connectivity index (χ4v) is 2.75. The summed E-state index contributed by atoms with van der Waals surface area (Å²) in [5.74, 6) is -1.53. The van der Waals surface area contributed by atoms with E-state index in [1.165, 1.54) is 0 Å². The molecule has 0 aromatic rings. The molecule has 0 aromatic heterocycles. The van der Waals surface area contributed by atoms with Crippen LogP contribution in [0.2, 0.25) is 0 Å². The Hall–Kier alpha value is -0.570. The zero-order valence-corrected chi connectivity index (χ0v) is 10.1. The minimum absolute atomic E-state index is 0.0485. The van der Waals surface area contributed by atoms with Gasteiger partial charge in [0.05, 0.1) is 11.5 Å². The van der Waals surface area contributed by atoms with E-state index in [4.69, 9.17) is 5.11 Å². The van der Waals surface area contributed by atoms with Gasteiger partial charge in [0.15, 0.2) is 0 Å². The van der Waals surface area contributed by atoms with Gasteiger partial charge in [0, 0.05) is 0 Å². The molecule has 0 aromatic carbocycles. The maximum absolute atomic E-state index is 11.0. The lowest BCUT2D eigenvalue weighted by Gasteiger charge is -2.47. The maximum Gasteiger partial charge on any atom is 0.309 e. The van der Waals surface area contributed by atoms with Crippen molar-refractivity contribution in [3.05, 3.63) is 0 Å². The first-order chi connectivity index (χ1) is 6.69. The van der Waals surface area contributed by atoms with Gasteiger partial charge >= 0.3 is 5.97 Å². The molecule has 0 radical (unpaired) electrons. The van der Waals surface area contributed by atoms with E-state index in [1.807, 2.05) is 6.92 Å². The normalized spacial score (nSPS) is 37.3. The number of rotatable bonds is 2. The van der Waals surface area contributed by atoms with Crippen molar-refractivity contribution >= 4 is 5.97 Å². The molecule has 0 amide bonds. The Kier molecular flexibility index (Phi) is 3.15. The Morgan fingerprint density at radius 1 is 1.40 bits per heavy atom. The van der Waals surface area contributed by atoms with Crippen molar-refractivity contribution in [1.82, 2.24) is 0 Å². The van der Waals surface area contributed by atoms with E-state index >= 15 is 0 Å². The predicted molar refractivity (Wildman–Crippen MR) is 58.5 cm³/mol. The van der Waals surface area contributed by atoms with Gasteiger partial charge in [-0.25, -0.2) is 0 Å². The first-order valence-electron chi connectivity index (χ1n) is 5.64. The van der Waals surface area contributed by atoms with Gasteiger partial charge in [-0.15, -0.1) is 0 Å². The highest BCUT2D eigenvalue weighted by atomic mass is 16.4. The standard InChI is InChI=1S/C12H22O3/c1-8-7-11(3,4)5-6-12(8,15)9(2)10(13)14/h8-9,15H,5-7H2,1-4H3,(H,13,14). The summed E-state index contributed by atoms with van der Waals surface area (Å²) in [6.07, 6.45) is 2.38. The van der Waals surface area contributed by atoms with Crippen molar-refractivity contribution in [2.24, 2.45) is 17.3 Å². The number of hydrogen-bond acceptors (Lipinski definition) is 2. The van der Waals surface area contributed by atoms with Crippen LogP contribution in [0.3, 0.4) is 0 Å². The van der Waals surface area contributed by atoms with Gasteiger partial charge in [-0.2, -0.15) is 0 Å². The Bertz CT molecular complexity index is 260. The van der Waals surface area contributed by atoms with Crippen molar-refractivity contribution in [2.45, 2.75) is 52.6 Å². The third kappa shape index (κ3) is 2.33. The molecule has 3 heteroatoms. The quantitative estimate of drug-likeness (QED) is 0.741. The van der Waals surface area contributed by atoms with E-state index < -0.39 is 17.5 Å². The number of carboxylic acids is 1. The Labute approximate surface area is 91.5 Å². The smallest absolute Gasteiger partial charge is 0.309 e. The van der Waals surface area contributed by atoms with Gasteiger partial charge < -0.3 is 10.2 Å². The van der Waals surface area contributed by atoms with Crippen molar-refractivity contribution in [2.75, 3.05) is 0 Å². The Balaban J connectivity index is 2.83. The fourth-order valence-electron chi connectivity index (χ4n) is 2.75. The average Bonchev–Trinajstić information content (AvgIpc) is 2.10. The van der Waals surface area contributed by atoms with Crippen LogP contribution in [0.15, 0.2) is 0 Å². The molecule has 88 valence electrons. The number of carboxylic acid groups (broad SMARTS) is 1. The summed E-state index contributed by atoms with van der Waals surface area (Å²) < 4.78 is 0. The lowest BCUT2D eigenvalue weighted by atomic mass is 9.62. The van der Waals surface area contributed by atoms with Crippen LogP contribution in [0.5, 0.6) is 0 Å². The summed E-state index contributed by atoms with van der Waals surface area (Å²) in [4.78, 5) is 11.0. The lowest BCUT2D eigenvalue weighted by molar-refractivity contribution is -0.162. The van der Waals surface area contributed by atoms with E-state index in [2.05, 4.69) is 13.8 Å². The third-order valence-corrected chi connectivity index (χ3v) is 4.03. The topological polar surface area (TPSA) is 57.5 Å². The van der Waals surface area contributed by atoms with Gasteiger partial charge in [-0.05, 0) is 37.5 Å². The van der Waals surface area contributed by atoms with Crippen LogP contribution in [-0.2, 0) is 4.79 Å². The van der Waals surface area contributed by atoms with E-state index in [0.717, 1.165) is 12.8 Å². The average molecular weight is 214 g/mol. The van der Waals surface area contributed by atoms with E-state index in [0.29, 0.717) is 6.42 Å². The van der Waals surface area contributed by atoms with Crippen molar-refractivity contribution in [1.29, 1.82) is 0 Å². The zero-order chi connectivity index (χ0) is 11.9. The number of aliphatic carboxylic acids is 1. The largest absolute Gasteiger partial charge is 0.481 e. The van der Waals surface area contributed by atoms with Crippen molar-refractivity contribution in [3.8, 4) is 0 Å². The Morgan fingerprint density at radius 2 is 1.93 bits per heavy atom. The second-order valence-electron chi connectivity index (χ2n) is 5.82. The molecular weight excluding hydrogens is 192 g/mol. The molecule has 1 aliphatic rings. The molecule has 15 heavy (non-hydrogen) atoms. The minimum atomic E-state index is -1.03. The van der Waals surface area contributed by atoms with Crippen LogP contribution in [0.4, 0.5) is 0 Å². The zero-order valence-electron chi connectivity index (χ0n) is 10.1. The molecule has 1 fully saturated rings. The molecule has 3 atom stereocenters. The van der Waals surface area contributed by atoms with Crippen molar-refractivity contribution < 1.29 is 15.0 Å². The molecule has 1 rings (SSSR count). The number of carbonyl (C=O) groups is 1. The minimum Gasteiger partial charge on any atom is -0.481 e. The van der Waals surface area contributed by atoms with Crippen molar-refractivity contribution in [3.63, 3.8) is 0 Å². The van der Waals surface area contributed by atoms with Gasteiger partial charge in [0.25, 0.3) is 0 Å². The first kappa shape index (κ1) is 12.5. The predicted octanol–water partition coefficient (Wildman–Crippen LogP) is 2.28. The second kappa shape index (κ2) is 3.78. The SMILES string of the molecule is CC1CC(C)(C)CCC1(O)C(C)C(=O)O. The van der Waals surface area contributed by atoms with E-state index in [9.17, 15) is 9.90 Å². The summed E-state index contributed by atoms with van der Waals surface area (Å²) in [6.45, 7) is 7.92. The maximum atomic E-state index is 11.0. The van der Waals surface area contributed by atoms with Gasteiger partial charge in [-0.3, -0.25) is 4.79 Å². The molecule has 0 spiro atoms. The number of hydrogen-bond donors (Lipinski definition) is 2. The summed E-state index contributed by atoms with van der Waals surface area (Å²) in [5.41, 5.74) is -0.800. The summed E-state index contributed by atoms with van der Waals surface area (Å²) >= 11 is 0. The molecule has 0 heterocycles. The molecule has 0 aliphatic heterocycles. The molecule has 3 nitrogen and oxygen atoms in total. The molecule has 0 bridgehead atoms. The molecule has 0 saturated heterocycles. The van der Waals surface area contributed by atoms with Gasteiger partial charge in [0.1, 0.15) is 0 Å². The third-order valence-electron chi connectivity index (χ3n) is 4.03. The van der Waals surface area contributed by atoms with Crippen LogP contribution in [0, 0.1) is 17.3 Å². The summed E-state index contributed by atoms with van der Waals surface area (Å²) in [7, 11) is 0. The van der Waals surface area contributed by atoms with Crippen LogP contribution in [-0.4, -0.2) is 21.8 Å². The Morgan fingerprint density at radius 3 is 2.33 bits per heavy atom. The van der Waals surface area contributed by atoms with Crippen LogP contribution in [0.1, 0.15) is 47.0 Å². The van der Waals surface area contributed by atoms with Gasteiger partial charge in [-0.1, -0.05) is 20.8 Å². The number of aliphatic hydroxyl groups is 1. The molecule has 3 unspecified atom stereocenters. The lowest BCUT2D eigenvalue weighted by Crippen LogP contribution is -2.51. The van der Waals surface area contributed by atoms with Crippen LogP contribution in [0.25, 0.3) is 0 Å².